The Morgan fingerprint density at radius 3 is 2.70 bits per heavy atom. The fraction of sp³-hybridized carbons (Fsp3) is 0.571. The monoisotopic (exact) mass is 296 g/mol. The van der Waals surface area contributed by atoms with E-state index < -0.39 is 5.82 Å². The van der Waals surface area contributed by atoms with Crippen molar-refractivity contribution in [1.82, 2.24) is 9.88 Å². The van der Waals surface area contributed by atoms with Gasteiger partial charge in [0.1, 0.15) is 0 Å². The first kappa shape index (κ1) is 15.0. The van der Waals surface area contributed by atoms with E-state index in [2.05, 4.69) is 22.9 Å². The number of anilines is 1. The highest BCUT2D eigenvalue weighted by atomic mass is 35.5. The molecule has 0 radical (unpaired) electrons. The number of nitrogens with zero attached hydrogens (tertiary/aromatic N) is 4. The van der Waals surface area contributed by atoms with E-state index in [0.717, 1.165) is 25.9 Å². The second-order valence-corrected chi connectivity index (χ2v) is 5.35. The highest BCUT2D eigenvalue weighted by molar-refractivity contribution is 6.30. The van der Waals surface area contributed by atoms with Gasteiger partial charge >= 0.3 is 0 Å². The first-order chi connectivity index (χ1) is 9.65. The minimum atomic E-state index is -0.392. The molecule has 0 aliphatic carbocycles. The molecule has 1 aromatic rings. The van der Waals surface area contributed by atoms with Crippen molar-refractivity contribution in [3.05, 3.63) is 23.1 Å². The first-order valence-electron chi connectivity index (χ1n) is 6.85. The Bertz CT molecular complexity index is 494. The fourth-order valence-corrected chi connectivity index (χ4v) is 2.63. The van der Waals surface area contributed by atoms with Gasteiger partial charge in [0.25, 0.3) is 0 Å². The van der Waals surface area contributed by atoms with Crippen LogP contribution >= 0.6 is 11.6 Å². The molecule has 2 rings (SSSR count). The molecule has 1 saturated heterocycles. The van der Waals surface area contributed by atoms with Gasteiger partial charge in [0.15, 0.2) is 11.6 Å². The molecule has 1 fully saturated rings. The van der Waals surface area contributed by atoms with Crippen LogP contribution in [0.2, 0.25) is 5.02 Å². The highest BCUT2D eigenvalue weighted by Crippen LogP contribution is 2.21. The zero-order valence-electron chi connectivity index (χ0n) is 11.5. The average Bonchev–Trinajstić information content (AvgIpc) is 2.45. The molecule has 108 valence electrons. The normalized spacial score (nSPS) is 17.8. The van der Waals surface area contributed by atoms with Gasteiger partial charge in [-0.2, -0.15) is 5.26 Å². The molecule has 1 aliphatic rings. The predicted molar refractivity (Wildman–Crippen MR) is 77.3 cm³/mol. The lowest BCUT2D eigenvalue weighted by Crippen LogP contribution is -2.50. The summed E-state index contributed by atoms with van der Waals surface area (Å²) in [4.78, 5) is 8.13. The van der Waals surface area contributed by atoms with Gasteiger partial charge in [-0.05, 0) is 12.5 Å². The Hall–Kier alpha value is -1.38. The summed E-state index contributed by atoms with van der Waals surface area (Å²) >= 11 is 5.71. The molecule has 0 aromatic carbocycles. The van der Waals surface area contributed by atoms with Crippen molar-refractivity contribution in [3.8, 4) is 6.07 Å². The van der Waals surface area contributed by atoms with Crippen molar-refractivity contribution in [1.29, 1.82) is 5.26 Å². The molecular formula is C14H18ClFN4. The van der Waals surface area contributed by atoms with E-state index in [1.807, 2.05) is 4.90 Å². The molecular weight excluding hydrogens is 279 g/mol. The summed E-state index contributed by atoms with van der Waals surface area (Å²) in [6.07, 6.45) is 3.33. The molecule has 0 bridgehead atoms. The van der Waals surface area contributed by atoms with Crippen LogP contribution in [-0.2, 0) is 0 Å². The van der Waals surface area contributed by atoms with E-state index in [-0.39, 0.29) is 6.04 Å². The van der Waals surface area contributed by atoms with Crippen molar-refractivity contribution >= 4 is 17.4 Å². The van der Waals surface area contributed by atoms with Crippen LogP contribution in [0.4, 0.5) is 10.2 Å². The van der Waals surface area contributed by atoms with Crippen LogP contribution in [0.15, 0.2) is 12.3 Å². The Labute approximate surface area is 123 Å². The highest BCUT2D eigenvalue weighted by Gasteiger charge is 2.25. The van der Waals surface area contributed by atoms with Gasteiger partial charge in [-0.1, -0.05) is 24.9 Å². The number of halogens is 2. The summed E-state index contributed by atoms with van der Waals surface area (Å²) in [6, 6.07) is 3.59. The van der Waals surface area contributed by atoms with Crippen molar-refractivity contribution in [2.24, 2.45) is 0 Å². The molecule has 1 atom stereocenters. The van der Waals surface area contributed by atoms with Gasteiger partial charge in [0.2, 0.25) is 0 Å². The topological polar surface area (TPSA) is 43.2 Å². The van der Waals surface area contributed by atoms with Crippen LogP contribution in [0.25, 0.3) is 0 Å². The van der Waals surface area contributed by atoms with Crippen LogP contribution in [-0.4, -0.2) is 42.1 Å². The van der Waals surface area contributed by atoms with E-state index in [9.17, 15) is 9.65 Å². The van der Waals surface area contributed by atoms with Crippen molar-refractivity contribution < 1.29 is 4.39 Å². The molecule has 1 aromatic heterocycles. The number of nitriles is 1. The van der Waals surface area contributed by atoms with Gasteiger partial charge < -0.3 is 4.90 Å². The Morgan fingerprint density at radius 1 is 1.45 bits per heavy atom. The molecule has 0 N–H and O–H groups in total. The number of aromatic nitrogens is 1. The lowest BCUT2D eigenvalue weighted by Gasteiger charge is -2.37. The van der Waals surface area contributed by atoms with Crippen LogP contribution in [0, 0.1) is 17.1 Å². The third-order valence-electron chi connectivity index (χ3n) is 3.55. The summed E-state index contributed by atoms with van der Waals surface area (Å²) in [6.45, 7) is 4.93. The van der Waals surface area contributed by atoms with E-state index in [4.69, 9.17) is 11.6 Å². The van der Waals surface area contributed by atoms with Crippen LogP contribution < -0.4 is 4.90 Å². The zero-order chi connectivity index (χ0) is 14.5. The third kappa shape index (κ3) is 3.38. The van der Waals surface area contributed by atoms with E-state index in [1.54, 1.807) is 0 Å². The Kier molecular flexibility index (Phi) is 5.16. The van der Waals surface area contributed by atoms with Gasteiger partial charge in [0, 0.05) is 32.4 Å². The minimum Gasteiger partial charge on any atom is -0.352 e. The minimum absolute atomic E-state index is 0.0369. The molecule has 1 aliphatic heterocycles. The summed E-state index contributed by atoms with van der Waals surface area (Å²) < 4.78 is 13.8. The Morgan fingerprint density at radius 2 is 2.15 bits per heavy atom. The van der Waals surface area contributed by atoms with E-state index in [0.29, 0.717) is 23.9 Å². The molecule has 0 spiro atoms. The van der Waals surface area contributed by atoms with Crippen molar-refractivity contribution in [3.63, 3.8) is 0 Å². The molecule has 4 nitrogen and oxygen atoms in total. The second-order valence-electron chi connectivity index (χ2n) is 4.92. The molecule has 6 heteroatoms. The summed E-state index contributed by atoms with van der Waals surface area (Å²) in [5.74, 6) is -0.0469. The summed E-state index contributed by atoms with van der Waals surface area (Å²) in [5, 5.41) is 9.48. The fourth-order valence-electron chi connectivity index (χ4n) is 2.49. The number of pyridine rings is 1. The average molecular weight is 297 g/mol. The van der Waals surface area contributed by atoms with Gasteiger partial charge in [0.05, 0.1) is 17.1 Å². The van der Waals surface area contributed by atoms with Gasteiger partial charge in [-0.25, -0.2) is 9.37 Å². The van der Waals surface area contributed by atoms with Gasteiger partial charge in [-0.3, -0.25) is 4.90 Å². The standard InChI is InChI=1S/C14H18ClFN4/c1-2-3-12(9-17)19-4-6-20(7-5-19)14-13(16)8-11(15)10-18-14/h8,10,12H,2-7H2,1H3. The summed E-state index contributed by atoms with van der Waals surface area (Å²) in [5.41, 5.74) is 0. The van der Waals surface area contributed by atoms with Crippen LogP contribution in [0.3, 0.4) is 0 Å². The maximum Gasteiger partial charge on any atom is 0.167 e. The van der Waals surface area contributed by atoms with Crippen molar-refractivity contribution in [2.75, 3.05) is 31.1 Å². The zero-order valence-corrected chi connectivity index (χ0v) is 12.3. The SMILES string of the molecule is CCCC(C#N)N1CCN(c2ncc(Cl)cc2F)CC1. The quantitative estimate of drug-likeness (QED) is 0.857. The molecule has 0 amide bonds. The maximum atomic E-state index is 13.8. The number of hydrogen-bond acceptors (Lipinski definition) is 4. The lowest BCUT2D eigenvalue weighted by molar-refractivity contribution is 0.210. The smallest absolute Gasteiger partial charge is 0.167 e. The lowest BCUT2D eigenvalue weighted by atomic mass is 10.1. The number of rotatable bonds is 4. The van der Waals surface area contributed by atoms with Crippen LogP contribution in [0.1, 0.15) is 19.8 Å². The number of hydrogen-bond donors (Lipinski definition) is 0. The predicted octanol–water partition coefficient (Wildman–Crippen LogP) is 2.69. The third-order valence-corrected chi connectivity index (χ3v) is 3.76. The first-order valence-corrected chi connectivity index (χ1v) is 7.23. The number of piperazine rings is 1. The summed E-state index contributed by atoms with van der Waals surface area (Å²) in [7, 11) is 0. The van der Waals surface area contributed by atoms with Crippen LogP contribution in [0.5, 0.6) is 0 Å². The van der Waals surface area contributed by atoms with Crippen molar-refractivity contribution in [2.45, 2.75) is 25.8 Å². The van der Waals surface area contributed by atoms with E-state index in [1.165, 1.54) is 12.3 Å². The van der Waals surface area contributed by atoms with E-state index >= 15 is 0 Å². The molecule has 2 heterocycles. The second kappa shape index (κ2) is 6.87. The maximum absolute atomic E-state index is 13.8. The van der Waals surface area contributed by atoms with Gasteiger partial charge in [-0.15, -0.1) is 0 Å². The molecule has 0 saturated carbocycles. The molecule has 1 unspecified atom stereocenters. The molecule has 20 heavy (non-hydrogen) atoms. The Balaban J connectivity index is 1.99. The largest absolute Gasteiger partial charge is 0.352 e.